The SMILES string of the molecule is CC(N(C)C(=O)N1CCCCC1CCC(=O)O)C(C)(C)C. The van der Waals surface area contributed by atoms with Crippen LogP contribution in [0.1, 0.15) is 59.8 Å². The second kappa shape index (κ2) is 7.14. The summed E-state index contributed by atoms with van der Waals surface area (Å²) in [6, 6.07) is 0.233. The zero-order valence-electron chi connectivity index (χ0n) is 14.1. The lowest BCUT2D eigenvalue weighted by molar-refractivity contribution is -0.137. The number of carboxylic acids is 1. The third-order valence-electron chi connectivity index (χ3n) is 4.70. The van der Waals surface area contributed by atoms with Gasteiger partial charge in [-0.1, -0.05) is 20.8 Å². The van der Waals surface area contributed by atoms with Gasteiger partial charge < -0.3 is 14.9 Å². The number of carbonyl (C=O) groups excluding carboxylic acids is 1. The van der Waals surface area contributed by atoms with Crippen LogP contribution in [0.2, 0.25) is 0 Å². The molecule has 1 fully saturated rings. The second-order valence-electron chi connectivity index (χ2n) is 7.21. The highest BCUT2D eigenvalue weighted by molar-refractivity contribution is 5.75. The number of likely N-dealkylation sites (tertiary alicyclic amines) is 1. The van der Waals surface area contributed by atoms with Gasteiger partial charge in [0.05, 0.1) is 0 Å². The molecule has 2 atom stereocenters. The highest BCUT2D eigenvalue weighted by atomic mass is 16.4. The van der Waals surface area contributed by atoms with Crippen molar-refractivity contribution in [3.05, 3.63) is 0 Å². The van der Waals surface area contributed by atoms with Crippen molar-refractivity contribution < 1.29 is 14.7 Å². The maximum atomic E-state index is 12.7. The van der Waals surface area contributed by atoms with Crippen molar-refractivity contribution in [2.75, 3.05) is 13.6 Å². The number of urea groups is 1. The van der Waals surface area contributed by atoms with Crippen LogP contribution in [-0.4, -0.2) is 52.6 Å². The molecule has 2 unspecified atom stereocenters. The first-order chi connectivity index (χ1) is 9.64. The molecule has 0 spiro atoms. The molecule has 122 valence electrons. The van der Waals surface area contributed by atoms with E-state index in [-0.39, 0.29) is 30.0 Å². The molecule has 5 nitrogen and oxygen atoms in total. The molecule has 2 amide bonds. The van der Waals surface area contributed by atoms with Crippen molar-refractivity contribution in [1.29, 1.82) is 0 Å². The zero-order valence-corrected chi connectivity index (χ0v) is 14.1. The van der Waals surface area contributed by atoms with Gasteiger partial charge in [-0.2, -0.15) is 0 Å². The van der Waals surface area contributed by atoms with Crippen molar-refractivity contribution in [2.24, 2.45) is 5.41 Å². The zero-order chi connectivity index (χ0) is 16.2. The van der Waals surface area contributed by atoms with Crippen molar-refractivity contribution in [3.63, 3.8) is 0 Å². The number of rotatable bonds is 4. The molecule has 1 saturated heterocycles. The molecule has 21 heavy (non-hydrogen) atoms. The topological polar surface area (TPSA) is 60.9 Å². The molecule has 0 aromatic heterocycles. The van der Waals surface area contributed by atoms with Gasteiger partial charge in [0.15, 0.2) is 0 Å². The van der Waals surface area contributed by atoms with E-state index in [1.807, 2.05) is 11.9 Å². The molecule has 0 aliphatic carbocycles. The minimum Gasteiger partial charge on any atom is -0.481 e. The van der Waals surface area contributed by atoms with E-state index in [1.165, 1.54) is 0 Å². The fraction of sp³-hybridized carbons (Fsp3) is 0.875. The summed E-state index contributed by atoms with van der Waals surface area (Å²) in [5, 5.41) is 8.86. The van der Waals surface area contributed by atoms with Crippen molar-refractivity contribution in [2.45, 2.75) is 71.9 Å². The van der Waals surface area contributed by atoms with Crippen LogP contribution >= 0.6 is 0 Å². The Bertz CT molecular complexity index is 376. The summed E-state index contributed by atoms with van der Waals surface area (Å²) in [5.74, 6) is -0.788. The first kappa shape index (κ1) is 17.8. The number of piperidine rings is 1. The van der Waals surface area contributed by atoms with E-state index in [4.69, 9.17) is 5.11 Å². The first-order valence-corrected chi connectivity index (χ1v) is 7.89. The fourth-order valence-electron chi connectivity index (χ4n) is 2.79. The molecule has 0 saturated carbocycles. The van der Waals surface area contributed by atoms with Gasteiger partial charge in [-0.05, 0) is 38.0 Å². The van der Waals surface area contributed by atoms with Crippen LogP contribution in [0, 0.1) is 5.41 Å². The Labute approximate surface area is 128 Å². The predicted octanol–water partition coefficient (Wildman–Crippen LogP) is 3.19. The summed E-state index contributed by atoms with van der Waals surface area (Å²) < 4.78 is 0. The summed E-state index contributed by atoms with van der Waals surface area (Å²) in [6.07, 6.45) is 3.68. The monoisotopic (exact) mass is 298 g/mol. The van der Waals surface area contributed by atoms with Gasteiger partial charge in [0.2, 0.25) is 0 Å². The highest BCUT2D eigenvalue weighted by Gasteiger charge is 2.33. The second-order valence-corrected chi connectivity index (χ2v) is 7.21. The summed E-state index contributed by atoms with van der Waals surface area (Å²) >= 11 is 0. The molecule has 0 aromatic carbocycles. The van der Waals surface area contributed by atoms with E-state index in [1.54, 1.807) is 4.90 Å². The van der Waals surface area contributed by atoms with Gasteiger partial charge in [0, 0.05) is 32.1 Å². The average molecular weight is 298 g/mol. The van der Waals surface area contributed by atoms with Crippen molar-refractivity contribution in [1.82, 2.24) is 9.80 Å². The number of aliphatic carboxylic acids is 1. The Balaban J connectivity index is 2.74. The number of carbonyl (C=O) groups is 2. The third kappa shape index (κ3) is 4.90. The normalized spacial score (nSPS) is 21.0. The van der Waals surface area contributed by atoms with E-state index in [0.29, 0.717) is 6.42 Å². The van der Waals surface area contributed by atoms with E-state index in [2.05, 4.69) is 27.7 Å². The van der Waals surface area contributed by atoms with E-state index >= 15 is 0 Å². The number of hydrogen-bond donors (Lipinski definition) is 1. The van der Waals surface area contributed by atoms with Gasteiger partial charge in [-0.25, -0.2) is 4.79 Å². The van der Waals surface area contributed by atoms with Gasteiger partial charge in [0.25, 0.3) is 0 Å². The predicted molar refractivity (Wildman–Crippen MR) is 83.3 cm³/mol. The molecule has 1 heterocycles. The summed E-state index contributed by atoms with van der Waals surface area (Å²) in [5.41, 5.74) is 0.0246. The van der Waals surface area contributed by atoms with Gasteiger partial charge in [0.1, 0.15) is 0 Å². The summed E-state index contributed by atoms with van der Waals surface area (Å²) in [6.45, 7) is 9.18. The van der Waals surface area contributed by atoms with Crippen LogP contribution in [-0.2, 0) is 4.79 Å². The number of amides is 2. The Morgan fingerprint density at radius 2 is 1.95 bits per heavy atom. The molecule has 1 rings (SSSR count). The summed E-state index contributed by atoms with van der Waals surface area (Å²) in [4.78, 5) is 27.2. The third-order valence-corrected chi connectivity index (χ3v) is 4.70. The fourth-order valence-corrected chi connectivity index (χ4v) is 2.79. The van der Waals surface area contributed by atoms with E-state index in [0.717, 1.165) is 25.8 Å². The van der Waals surface area contributed by atoms with Gasteiger partial charge in [-0.3, -0.25) is 4.79 Å². The maximum Gasteiger partial charge on any atom is 0.320 e. The van der Waals surface area contributed by atoms with Crippen molar-refractivity contribution in [3.8, 4) is 0 Å². The average Bonchev–Trinajstić information content (AvgIpc) is 2.42. The Kier molecular flexibility index (Phi) is 6.05. The van der Waals surface area contributed by atoms with Crippen molar-refractivity contribution >= 4 is 12.0 Å². The highest BCUT2D eigenvalue weighted by Crippen LogP contribution is 2.27. The van der Waals surface area contributed by atoms with Crippen LogP contribution in [0.5, 0.6) is 0 Å². The standard InChI is InChI=1S/C16H30N2O3/c1-12(16(2,3)4)17(5)15(21)18-11-7-6-8-13(18)9-10-14(19)20/h12-13H,6-11H2,1-5H3,(H,19,20). The lowest BCUT2D eigenvalue weighted by Crippen LogP contribution is -2.53. The number of carboxylic acid groups (broad SMARTS) is 1. The Morgan fingerprint density at radius 3 is 2.48 bits per heavy atom. The van der Waals surface area contributed by atoms with Crippen LogP contribution in [0.4, 0.5) is 4.79 Å². The maximum absolute atomic E-state index is 12.7. The van der Waals surface area contributed by atoms with Gasteiger partial charge in [-0.15, -0.1) is 0 Å². The molecule has 1 aliphatic rings. The van der Waals surface area contributed by atoms with Crippen LogP contribution in [0.15, 0.2) is 0 Å². The molecule has 1 N–H and O–H groups in total. The van der Waals surface area contributed by atoms with Gasteiger partial charge >= 0.3 is 12.0 Å². The molecular formula is C16H30N2O3. The summed E-state index contributed by atoms with van der Waals surface area (Å²) in [7, 11) is 1.85. The Morgan fingerprint density at radius 1 is 1.33 bits per heavy atom. The number of hydrogen-bond acceptors (Lipinski definition) is 2. The molecule has 0 radical (unpaired) electrons. The van der Waals surface area contributed by atoms with Crippen LogP contribution in [0.25, 0.3) is 0 Å². The number of nitrogens with zero attached hydrogens (tertiary/aromatic N) is 2. The quantitative estimate of drug-likeness (QED) is 0.867. The molecule has 1 aliphatic heterocycles. The lowest BCUT2D eigenvalue weighted by atomic mass is 9.87. The lowest BCUT2D eigenvalue weighted by Gasteiger charge is -2.42. The molecular weight excluding hydrogens is 268 g/mol. The molecule has 5 heteroatoms. The largest absolute Gasteiger partial charge is 0.481 e. The van der Waals surface area contributed by atoms with Crippen LogP contribution in [0.3, 0.4) is 0 Å². The minimum absolute atomic E-state index is 0.0246. The van der Waals surface area contributed by atoms with E-state index in [9.17, 15) is 9.59 Å². The smallest absolute Gasteiger partial charge is 0.320 e. The Hall–Kier alpha value is -1.26. The molecule has 0 bridgehead atoms. The van der Waals surface area contributed by atoms with E-state index < -0.39 is 5.97 Å². The van der Waals surface area contributed by atoms with Crippen LogP contribution < -0.4 is 0 Å². The minimum atomic E-state index is -0.788. The first-order valence-electron chi connectivity index (χ1n) is 7.89. The molecule has 0 aromatic rings.